The zero-order valence-electron chi connectivity index (χ0n) is 17.9. The highest BCUT2D eigenvalue weighted by molar-refractivity contribution is 9.10. The Morgan fingerprint density at radius 1 is 1.03 bits per heavy atom. The monoisotopic (exact) mass is 484 g/mol. The van der Waals surface area contributed by atoms with E-state index >= 15 is 0 Å². The van der Waals surface area contributed by atoms with Gasteiger partial charge in [0.15, 0.2) is 0 Å². The number of carbonyl (C=O) groups is 3. The predicted octanol–water partition coefficient (Wildman–Crippen LogP) is 4.26. The SMILES string of the molecule is CC[C@H](C)NC(=O)C(=O)Nn1c(C(=O)Nc2ccc(C)cc2C)cc2cc(Br)ccc21. The number of hydrogen-bond acceptors (Lipinski definition) is 3. The lowest BCUT2D eigenvalue weighted by Gasteiger charge is -2.15. The molecule has 3 amide bonds. The quantitative estimate of drug-likeness (QED) is 0.472. The van der Waals surface area contributed by atoms with E-state index < -0.39 is 17.7 Å². The first-order valence-corrected chi connectivity index (χ1v) is 10.8. The van der Waals surface area contributed by atoms with Gasteiger partial charge in [0.05, 0.1) is 5.52 Å². The van der Waals surface area contributed by atoms with Gasteiger partial charge in [0, 0.05) is 21.6 Å². The summed E-state index contributed by atoms with van der Waals surface area (Å²) in [6, 6.07) is 12.7. The number of aromatic nitrogens is 1. The third-order valence-electron chi connectivity index (χ3n) is 5.04. The standard InChI is InChI=1S/C23H25BrN4O3/c1-5-15(4)25-22(30)23(31)27-28-19-9-7-17(24)11-16(19)12-20(28)21(29)26-18-8-6-13(2)10-14(18)3/h6-12,15H,5H2,1-4H3,(H,25,30)(H,26,29)(H,27,31)/t15-/m0/s1. The maximum atomic E-state index is 13.1. The summed E-state index contributed by atoms with van der Waals surface area (Å²) >= 11 is 3.42. The Kier molecular flexibility index (Phi) is 6.80. The van der Waals surface area contributed by atoms with E-state index in [9.17, 15) is 14.4 Å². The summed E-state index contributed by atoms with van der Waals surface area (Å²) in [7, 11) is 0. The van der Waals surface area contributed by atoms with Crippen LogP contribution in [0.4, 0.5) is 5.69 Å². The molecule has 0 aliphatic carbocycles. The number of benzene rings is 2. The van der Waals surface area contributed by atoms with Crippen LogP contribution in [0.15, 0.2) is 46.9 Å². The third kappa shape index (κ3) is 5.14. The molecule has 3 rings (SSSR count). The van der Waals surface area contributed by atoms with Crippen molar-refractivity contribution in [3.8, 4) is 0 Å². The fourth-order valence-corrected chi connectivity index (χ4v) is 3.54. The number of halogens is 1. The highest BCUT2D eigenvalue weighted by atomic mass is 79.9. The minimum absolute atomic E-state index is 0.136. The van der Waals surface area contributed by atoms with Gasteiger partial charge in [-0.2, -0.15) is 0 Å². The first-order valence-electron chi connectivity index (χ1n) is 10.0. The summed E-state index contributed by atoms with van der Waals surface area (Å²) in [6.07, 6.45) is 0.697. The molecule has 0 saturated carbocycles. The Balaban J connectivity index is 1.95. The lowest BCUT2D eigenvalue weighted by molar-refractivity contribution is -0.137. The molecular weight excluding hydrogens is 460 g/mol. The molecule has 0 radical (unpaired) electrons. The molecule has 1 aromatic heterocycles. The van der Waals surface area contributed by atoms with E-state index in [0.717, 1.165) is 21.0 Å². The van der Waals surface area contributed by atoms with Crippen LogP contribution in [-0.4, -0.2) is 28.4 Å². The van der Waals surface area contributed by atoms with E-state index in [1.165, 1.54) is 4.68 Å². The van der Waals surface area contributed by atoms with Crippen molar-refractivity contribution in [2.24, 2.45) is 0 Å². The van der Waals surface area contributed by atoms with Crippen LogP contribution in [0.25, 0.3) is 10.9 Å². The zero-order valence-corrected chi connectivity index (χ0v) is 19.5. The van der Waals surface area contributed by atoms with Gasteiger partial charge in [-0.1, -0.05) is 40.5 Å². The van der Waals surface area contributed by atoms with Gasteiger partial charge in [0.25, 0.3) is 5.91 Å². The van der Waals surface area contributed by atoms with Crippen LogP contribution in [0.3, 0.4) is 0 Å². The molecule has 31 heavy (non-hydrogen) atoms. The normalized spacial score (nSPS) is 11.8. The van der Waals surface area contributed by atoms with E-state index in [1.54, 1.807) is 18.2 Å². The highest BCUT2D eigenvalue weighted by Crippen LogP contribution is 2.24. The second-order valence-corrected chi connectivity index (χ2v) is 8.48. The Bertz CT molecular complexity index is 1170. The van der Waals surface area contributed by atoms with Crippen LogP contribution >= 0.6 is 15.9 Å². The second kappa shape index (κ2) is 9.34. The summed E-state index contributed by atoms with van der Waals surface area (Å²) in [6.45, 7) is 7.62. The Morgan fingerprint density at radius 2 is 1.77 bits per heavy atom. The number of aryl methyl sites for hydroxylation is 2. The number of nitrogens with zero attached hydrogens (tertiary/aromatic N) is 1. The van der Waals surface area contributed by atoms with Crippen LogP contribution in [0, 0.1) is 13.8 Å². The van der Waals surface area contributed by atoms with Crippen molar-refractivity contribution in [3.63, 3.8) is 0 Å². The van der Waals surface area contributed by atoms with Crippen LogP contribution in [0.2, 0.25) is 0 Å². The molecule has 3 N–H and O–H groups in total. The smallest absolute Gasteiger partial charge is 0.328 e. The zero-order chi connectivity index (χ0) is 22.7. The Morgan fingerprint density at radius 3 is 2.45 bits per heavy atom. The minimum atomic E-state index is -0.846. The van der Waals surface area contributed by atoms with E-state index in [1.807, 2.05) is 52.0 Å². The Hall–Kier alpha value is -3.13. The molecule has 0 aliphatic rings. The molecule has 162 valence electrons. The first kappa shape index (κ1) is 22.6. The van der Waals surface area contributed by atoms with Crippen LogP contribution in [0.5, 0.6) is 0 Å². The molecule has 0 unspecified atom stereocenters. The van der Waals surface area contributed by atoms with Crippen LogP contribution < -0.4 is 16.1 Å². The fourth-order valence-electron chi connectivity index (χ4n) is 3.16. The lowest BCUT2D eigenvalue weighted by Crippen LogP contribution is -2.43. The van der Waals surface area contributed by atoms with E-state index in [-0.39, 0.29) is 11.7 Å². The minimum Gasteiger partial charge on any atom is -0.345 e. The van der Waals surface area contributed by atoms with Crippen molar-refractivity contribution in [1.29, 1.82) is 0 Å². The first-order chi connectivity index (χ1) is 14.7. The molecule has 1 atom stereocenters. The van der Waals surface area contributed by atoms with E-state index in [4.69, 9.17) is 0 Å². The molecule has 3 aromatic rings. The van der Waals surface area contributed by atoms with Crippen molar-refractivity contribution in [2.45, 2.75) is 40.2 Å². The van der Waals surface area contributed by atoms with Gasteiger partial charge >= 0.3 is 11.8 Å². The van der Waals surface area contributed by atoms with Gasteiger partial charge in [0.2, 0.25) is 0 Å². The maximum Gasteiger partial charge on any atom is 0.328 e. The lowest BCUT2D eigenvalue weighted by atomic mass is 10.1. The van der Waals surface area contributed by atoms with Gasteiger partial charge in [-0.05, 0) is 63.1 Å². The highest BCUT2D eigenvalue weighted by Gasteiger charge is 2.22. The number of fused-ring (bicyclic) bond motifs is 1. The second-order valence-electron chi connectivity index (χ2n) is 7.56. The van der Waals surface area contributed by atoms with Gasteiger partial charge in [-0.25, -0.2) is 4.68 Å². The van der Waals surface area contributed by atoms with Crippen LogP contribution in [0.1, 0.15) is 41.9 Å². The largest absolute Gasteiger partial charge is 0.345 e. The number of amides is 3. The summed E-state index contributed by atoms with van der Waals surface area (Å²) in [4.78, 5) is 37.9. The molecular formula is C23H25BrN4O3. The molecule has 0 saturated heterocycles. The average molecular weight is 485 g/mol. The number of hydrogen-bond donors (Lipinski definition) is 3. The van der Waals surface area contributed by atoms with Crippen molar-refractivity contribution in [3.05, 3.63) is 63.8 Å². The van der Waals surface area contributed by atoms with Crippen molar-refractivity contribution >= 4 is 50.2 Å². The van der Waals surface area contributed by atoms with Gasteiger partial charge in [-0.3, -0.25) is 19.8 Å². The summed E-state index contributed by atoms with van der Waals surface area (Å²) in [5.41, 5.74) is 6.06. The van der Waals surface area contributed by atoms with Crippen LogP contribution in [-0.2, 0) is 9.59 Å². The number of anilines is 1. The van der Waals surface area contributed by atoms with Gasteiger partial charge in [-0.15, -0.1) is 0 Å². The predicted molar refractivity (Wildman–Crippen MR) is 126 cm³/mol. The van der Waals surface area contributed by atoms with Crippen molar-refractivity contribution < 1.29 is 14.4 Å². The molecule has 2 aromatic carbocycles. The fraction of sp³-hybridized carbons (Fsp3) is 0.261. The number of rotatable bonds is 5. The van der Waals surface area contributed by atoms with Crippen molar-refractivity contribution in [2.75, 3.05) is 10.7 Å². The van der Waals surface area contributed by atoms with E-state index in [2.05, 4.69) is 32.0 Å². The molecule has 1 heterocycles. The topological polar surface area (TPSA) is 92.2 Å². The molecule has 0 bridgehead atoms. The molecule has 0 aliphatic heterocycles. The summed E-state index contributed by atoms with van der Waals surface area (Å²) < 4.78 is 2.18. The third-order valence-corrected chi connectivity index (χ3v) is 5.53. The maximum absolute atomic E-state index is 13.1. The average Bonchev–Trinajstić information content (AvgIpc) is 3.07. The summed E-state index contributed by atoms with van der Waals surface area (Å²) in [5, 5.41) is 6.26. The molecule has 0 fully saturated rings. The van der Waals surface area contributed by atoms with Gasteiger partial charge < -0.3 is 10.6 Å². The van der Waals surface area contributed by atoms with Gasteiger partial charge in [0.1, 0.15) is 5.69 Å². The molecule has 0 spiro atoms. The van der Waals surface area contributed by atoms with Crippen molar-refractivity contribution in [1.82, 2.24) is 9.99 Å². The molecule has 8 heteroatoms. The summed E-state index contributed by atoms with van der Waals surface area (Å²) in [5.74, 6) is -2.00. The van der Waals surface area contributed by atoms with E-state index in [0.29, 0.717) is 17.6 Å². The number of nitrogens with one attached hydrogen (secondary N) is 3. The molecule has 7 nitrogen and oxygen atoms in total. The number of carbonyl (C=O) groups excluding carboxylic acids is 3. The Labute approximate surface area is 189 Å².